The summed E-state index contributed by atoms with van der Waals surface area (Å²) in [6.07, 6.45) is 20.1. The van der Waals surface area contributed by atoms with E-state index in [-0.39, 0.29) is 16.3 Å². The molecule has 2 aliphatic rings. The van der Waals surface area contributed by atoms with Gasteiger partial charge >= 0.3 is 166 Å². The van der Waals surface area contributed by atoms with Gasteiger partial charge in [0.25, 0.3) is 0 Å². The van der Waals surface area contributed by atoms with E-state index in [9.17, 15) is 4.79 Å². The van der Waals surface area contributed by atoms with Gasteiger partial charge in [-0.2, -0.15) is 0 Å². The van der Waals surface area contributed by atoms with Crippen LogP contribution in [0.5, 0.6) is 0 Å². The molecule has 3 heteroatoms. The summed E-state index contributed by atoms with van der Waals surface area (Å²) in [5.41, 5.74) is 0. The van der Waals surface area contributed by atoms with E-state index in [4.69, 9.17) is 0 Å². The van der Waals surface area contributed by atoms with Gasteiger partial charge < -0.3 is 0 Å². The molecule has 1 amide bonds. The molecule has 0 atom stereocenters. The van der Waals surface area contributed by atoms with E-state index in [1.165, 1.54) is 0 Å². The second-order valence-electron chi connectivity index (χ2n) is 8.20. The number of carbonyl (C=O) groups is 1. The maximum atomic E-state index is 13.1. The fourth-order valence-corrected chi connectivity index (χ4v) is 15.3. The number of hydrogen-bond donors (Lipinski definition) is 1. The summed E-state index contributed by atoms with van der Waals surface area (Å²) >= 11 is -2.75. The van der Waals surface area contributed by atoms with Crippen molar-refractivity contribution in [2.45, 2.75) is 58.8 Å². The van der Waals surface area contributed by atoms with Crippen molar-refractivity contribution in [2.24, 2.45) is 17.8 Å². The molecule has 25 heavy (non-hydrogen) atoms. The van der Waals surface area contributed by atoms with Crippen LogP contribution in [0.25, 0.3) is 0 Å². The predicted molar refractivity (Wildman–Crippen MR) is 104 cm³/mol. The average molecular weight is 417 g/mol. The SMILES string of the molecule is CCC(CC)C(=O)[NH][Y]([C]1(C(C)C)C=CC=C1)[C]1(C(C)C)C=CC=C1. The zero-order valence-corrected chi connectivity index (χ0v) is 19.6. The Hall–Kier alpha value is -0.466. The predicted octanol–water partition coefficient (Wildman–Crippen LogP) is 5.95. The summed E-state index contributed by atoms with van der Waals surface area (Å²) in [6.45, 7) is 13.5. The molecule has 0 radical (unpaired) electrons. The number of nitrogens with one attached hydrogen (secondary N) is 1. The van der Waals surface area contributed by atoms with Crippen LogP contribution in [-0.2, 0) is 32.6 Å². The van der Waals surface area contributed by atoms with Crippen molar-refractivity contribution in [1.82, 2.24) is 2.45 Å². The van der Waals surface area contributed by atoms with Crippen LogP contribution in [0.15, 0.2) is 48.6 Å². The van der Waals surface area contributed by atoms with Crippen LogP contribution < -0.4 is 2.45 Å². The van der Waals surface area contributed by atoms with E-state index >= 15 is 0 Å². The van der Waals surface area contributed by atoms with Crippen molar-refractivity contribution in [2.75, 3.05) is 0 Å². The van der Waals surface area contributed by atoms with Crippen LogP contribution in [0.1, 0.15) is 54.4 Å². The third-order valence-corrected chi connectivity index (χ3v) is 17.9. The van der Waals surface area contributed by atoms with Crippen molar-refractivity contribution < 1.29 is 32.6 Å². The first kappa shape index (κ1) is 20.8. The number of carbonyl (C=O) groups excluding carboxylic acids is 1. The van der Waals surface area contributed by atoms with Crippen molar-refractivity contribution in [3.63, 3.8) is 0 Å². The van der Waals surface area contributed by atoms with Crippen LogP contribution in [0, 0.1) is 17.8 Å². The monoisotopic (exact) mass is 417 g/mol. The molecule has 2 aliphatic carbocycles. The van der Waals surface area contributed by atoms with E-state index in [1.54, 1.807) is 0 Å². The van der Waals surface area contributed by atoms with Crippen LogP contribution in [-0.4, -0.2) is 5.91 Å². The summed E-state index contributed by atoms with van der Waals surface area (Å²) in [5.74, 6) is 1.40. The third kappa shape index (κ3) is 3.81. The molecule has 2 rings (SSSR count). The first-order valence-electron chi connectivity index (χ1n) is 9.88. The molecule has 1 N–H and O–H groups in total. The summed E-state index contributed by atoms with van der Waals surface area (Å²) in [6, 6.07) is 0. The first-order chi connectivity index (χ1) is 11.8. The number of hydrogen-bond acceptors (Lipinski definition) is 1. The van der Waals surface area contributed by atoms with Gasteiger partial charge in [-0.15, -0.1) is 0 Å². The standard InChI is InChI=1S/2C8H11.C6H13NO.Y/c2*1-7(2)8-5-3-4-6-8;1-3-5(4-2)6(7)8;/h2*3-7H,1-2H3;5H,3-4H2,1-2H3,(H2,7,8);/q;;;+1/p-1. The number of amides is 1. The van der Waals surface area contributed by atoms with Crippen molar-refractivity contribution in [1.29, 1.82) is 0 Å². The summed E-state index contributed by atoms with van der Waals surface area (Å²) in [7, 11) is 0. The molecule has 0 unspecified atom stereocenters. The topological polar surface area (TPSA) is 29.1 Å². The Morgan fingerprint density at radius 1 is 0.840 bits per heavy atom. The van der Waals surface area contributed by atoms with Crippen molar-refractivity contribution in [3.05, 3.63) is 48.6 Å². The van der Waals surface area contributed by atoms with E-state index in [1.807, 2.05) is 0 Å². The van der Waals surface area contributed by atoms with E-state index in [2.05, 4.69) is 92.6 Å². The molecular formula is C22H34NOY. The zero-order chi connectivity index (χ0) is 18.7. The summed E-state index contributed by atoms with van der Waals surface area (Å²) in [4.78, 5) is 13.1. The van der Waals surface area contributed by atoms with Gasteiger partial charge in [0.2, 0.25) is 0 Å². The van der Waals surface area contributed by atoms with Gasteiger partial charge in [-0.05, 0) is 0 Å². The summed E-state index contributed by atoms with van der Waals surface area (Å²) < 4.78 is 3.81. The van der Waals surface area contributed by atoms with Gasteiger partial charge in [-0.3, -0.25) is 0 Å². The van der Waals surface area contributed by atoms with Crippen LogP contribution in [0.2, 0.25) is 4.45 Å². The number of rotatable bonds is 8. The Morgan fingerprint density at radius 3 is 1.48 bits per heavy atom. The van der Waals surface area contributed by atoms with Crippen LogP contribution >= 0.6 is 0 Å². The summed E-state index contributed by atoms with van der Waals surface area (Å²) in [5, 5.41) is 0. The molecule has 2 nitrogen and oxygen atoms in total. The first-order valence-corrected chi connectivity index (χ1v) is 14.1. The van der Waals surface area contributed by atoms with E-state index in [0.29, 0.717) is 11.8 Å². The molecule has 0 aromatic heterocycles. The van der Waals surface area contributed by atoms with Crippen molar-refractivity contribution >= 4 is 5.91 Å². The Bertz CT molecular complexity index is 529. The molecular weight excluding hydrogens is 383 g/mol. The molecule has 0 saturated heterocycles. The molecule has 0 saturated carbocycles. The third-order valence-electron chi connectivity index (χ3n) is 6.40. The molecule has 136 valence electrons. The molecule has 0 aliphatic heterocycles. The minimum atomic E-state index is -2.75. The molecule has 0 aromatic rings. The Balaban J connectivity index is 2.51. The van der Waals surface area contributed by atoms with Crippen molar-refractivity contribution in [3.8, 4) is 0 Å². The zero-order valence-electron chi connectivity index (χ0n) is 16.8. The Labute approximate surface area is 165 Å². The Morgan fingerprint density at radius 2 is 1.20 bits per heavy atom. The van der Waals surface area contributed by atoms with E-state index in [0.717, 1.165) is 12.8 Å². The second kappa shape index (κ2) is 8.48. The van der Waals surface area contributed by atoms with Crippen LogP contribution in [0.3, 0.4) is 0 Å². The molecule has 0 fully saturated rings. The van der Waals surface area contributed by atoms with Gasteiger partial charge in [0.1, 0.15) is 0 Å². The fraction of sp³-hybridized carbons (Fsp3) is 0.591. The van der Waals surface area contributed by atoms with Gasteiger partial charge in [0.05, 0.1) is 0 Å². The van der Waals surface area contributed by atoms with Gasteiger partial charge in [-0.25, -0.2) is 0 Å². The molecule has 0 aromatic carbocycles. The average Bonchev–Trinajstić information content (AvgIpc) is 3.24. The van der Waals surface area contributed by atoms with E-state index < -0.39 is 27.8 Å². The minimum absolute atomic E-state index is 0.0483. The quantitative estimate of drug-likeness (QED) is 0.519. The molecule has 0 spiro atoms. The number of allylic oxidation sites excluding steroid dienone is 8. The molecule has 0 heterocycles. The van der Waals surface area contributed by atoms with Gasteiger partial charge in [-0.1, -0.05) is 0 Å². The maximum absolute atomic E-state index is 13.1. The fourth-order valence-electron chi connectivity index (χ4n) is 4.42. The van der Waals surface area contributed by atoms with Gasteiger partial charge in [0, 0.05) is 0 Å². The normalized spacial score (nSPS) is 19.6. The Kier molecular flexibility index (Phi) is 7.07. The molecule has 0 bridgehead atoms. The van der Waals surface area contributed by atoms with Gasteiger partial charge in [0.15, 0.2) is 0 Å². The second-order valence-corrected chi connectivity index (χ2v) is 16.0. The van der Waals surface area contributed by atoms with Crippen LogP contribution in [0.4, 0.5) is 0 Å².